The molecule has 150 valence electrons. The maximum absolute atomic E-state index is 12.6. The lowest BCUT2D eigenvalue weighted by Crippen LogP contribution is -2.32. The molecule has 28 heavy (non-hydrogen) atoms. The van der Waals surface area contributed by atoms with Crippen LogP contribution in [0.5, 0.6) is 5.75 Å². The van der Waals surface area contributed by atoms with Crippen molar-refractivity contribution in [1.29, 1.82) is 0 Å². The lowest BCUT2D eigenvalue weighted by atomic mass is 9.95. The van der Waals surface area contributed by atoms with Crippen LogP contribution < -0.4 is 15.8 Å². The highest BCUT2D eigenvalue weighted by Crippen LogP contribution is 2.28. The predicted octanol–water partition coefficient (Wildman–Crippen LogP) is 3.05. The number of anilines is 1. The molecule has 1 amide bonds. The van der Waals surface area contributed by atoms with Crippen molar-refractivity contribution in [2.24, 2.45) is 5.92 Å². The van der Waals surface area contributed by atoms with E-state index < -0.39 is 5.97 Å². The molecule has 0 saturated carbocycles. The van der Waals surface area contributed by atoms with Crippen LogP contribution in [0.1, 0.15) is 46.0 Å². The zero-order valence-corrected chi connectivity index (χ0v) is 16.3. The van der Waals surface area contributed by atoms with Crippen molar-refractivity contribution >= 4 is 17.6 Å². The number of aliphatic carboxylic acids is 1. The number of benzene rings is 1. The number of allylic oxidation sites excluding steroid dienone is 2. The number of phenolic OH excluding ortho intramolecular Hbond substituents is 1. The first-order valence-electron chi connectivity index (χ1n) is 9.64. The first kappa shape index (κ1) is 19.9. The monoisotopic (exact) mass is 385 g/mol. The molecule has 0 spiro atoms. The molecule has 1 aromatic rings. The Morgan fingerprint density at radius 2 is 1.89 bits per heavy atom. The molecule has 0 saturated heterocycles. The van der Waals surface area contributed by atoms with Gasteiger partial charge >= 0.3 is 5.97 Å². The number of nitrogens with zero attached hydrogens (tertiary/aromatic N) is 1. The number of carboxylic acids is 1. The van der Waals surface area contributed by atoms with Gasteiger partial charge in [0.05, 0.1) is 11.3 Å². The highest BCUT2D eigenvalue weighted by Gasteiger charge is 2.26. The van der Waals surface area contributed by atoms with Crippen molar-refractivity contribution in [2.75, 3.05) is 11.6 Å². The molecule has 1 unspecified atom stereocenters. The third-order valence-electron chi connectivity index (χ3n) is 5.41. The summed E-state index contributed by atoms with van der Waals surface area (Å²) in [5.41, 5.74) is 7.29. The van der Waals surface area contributed by atoms with E-state index in [0.717, 1.165) is 29.8 Å². The van der Waals surface area contributed by atoms with Gasteiger partial charge in [0, 0.05) is 23.9 Å². The number of carboxylic acid groups (broad SMARTS) is 1. The number of amides is 1. The van der Waals surface area contributed by atoms with Gasteiger partial charge in [-0.15, -0.1) is 0 Å². The molecular weight excluding hydrogens is 358 g/mol. The van der Waals surface area contributed by atoms with Gasteiger partial charge in [-0.1, -0.05) is 6.92 Å². The maximum atomic E-state index is 12.6. The summed E-state index contributed by atoms with van der Waals surface area (Å²) in [6.45, 7) is 4.51. The Morgan fingerprint density at radius 3 is 2.57 bits per heavy atom. The quantitative estimate of drug-likeness (QED) is 0.600. The van der Waals surface area contributed by atoms with Gasteiger partial charge in [-0.3, -0.25) is 9.80 Å². The van der Waals surface area contributed by atoms with Crippen molar-refractivity contribution in [3.05, 3.63) is 46.8 Å². The van der Waals surface area contributed by atoms with Gasteiger partial charge in [0.1, 0.15) is 5.75 Å². The number of nitrogens with one attached hydrogen (secondary N) is 2. The Kier molecular flexibility index (Phi) is 6.04. The second-order valence-electron chi connectivity index (χ2n) is 7.44. The fourth-order valence-electron chi connectivity index (χ4n) is 3.70. The van der Waals surface area contributed by atoms with E-state index in [9.17, 15) is 19.8 Å². The van der Waals surface area contributed by atoms with Gasteiger partial charge in [-0.25, -0.2) is 10.2 Å². The van der Waals surface area contributed by atoms with E-state index >= 15 is 0 Å². The Bertz CT molecular complexity index is 827. The lowest BCUT2D eigenvalue weighted by molar-refractivity contribution is -0.133. The van der Waals surface area contributed by atoms with Crippen LogP contribution in [-0.2, 0) is 9.59 Å². The largest absolute Gasteiger partial charge is 0.508 e. The topological polar surface area (TPSA) is 102 Å². The second-order valence-corrected chi connectivity index (χ2v) is 7.44. The van der Waals surface area contributed by atoms with Crippen molar-refractivity contribution in [3.8, 4) is 5.75 Å². The van der Waals surface area contributed by atoms with Gasteiger partial charge in [-0.05, 0) is 68.9 Å². The third kappa shape index (κ3) is 4.36. The van der Waals surface area contributed by atoms with Crippen molar-refractivity contribution < 1.29 is 19.8 Å². The molecule has 7 heteroatoms. The van der Waals surface area contributed by atoms with E-state index in [2.05, 4.69) is 10.7 Å². The Hall–Kier alpha value is -2.80. The average molecular weight is 385 g/mol. The van der Waals surface area contributed by atoms with Crippen LogP contribution in [0.4, 0.5) is 5.69 Å². The minimum Gasteiger partial charge on any atom is -0.508 e. The minimum absolute atomic E-state index is 0.140. The zero-order chi connectivity index (χ0) is 20.3. The first-order chi connectivity index (χ1) is 13.4. The molecule has 2 aliphatic rings. The number of phenols is 1. The van der Waals surface area contributed by atoms with Gasteiger partial charge < -0.3 is 15.5 Å². The summed E-state index contributed by atoms with van der Waals surface area (Å²) < 4.78 is 0. The molecule has 1 heterocycles. The van der Waals surface area contributed by atoms with Crippen LogP contribution in [0.2, 0.25) is 0 Å². The van der Waals surface area contributed by atoms with E-state index in [1.165, 1.54) is 0 Å². The summed E-state index contributed by atoms with van der Waals surface area (Å²) >= 11 is 0. The highest BCUT2D eigenvalue weighted by atomic mass is 16.4. The molecule has 0 bridgehead atoms. The molecule has 1 aliphatic carbocycles. The number of carbonyl (C=O) groups excluding carboxylic acids is 1. The highest BCUT2D eigenvalue weighted by molar-refractivity contribution is 5.89. The van der Waals surface area contributed by atoms with Crippen molar-refractivity contribution in [1.82, 2.24) is 10.7 Å². The summed E-state index contributed by atoms with van der Waals surface area (Å²) in [4.78, 5) is 24.0. The van der Waals surface area contributed by atoms with E-state index in [4.69, 9.17) is 0 Å². The summed E-state index contributed by atoms with van der Waals surface area (Å²) in [6.07, 6.45) is 3.46. The van der Waals surface area contributed by atoms with Crippen LogP contribution in [0, 0.1) is 5.92 Å². The van der Waals surface area contributed by atoms with E-state index in [1.807, 2.05) is 31.0 Å². The van der Waals surface area contributed by atoms with Gasteiger partial charge in [-0.2, -0.15) is 0 Å². The van der Waals surface area contributed by atoms with E-state index in [0.29, 0.717) is 37.1 Å². The number of hydrogen-bond donors (Lipinski definition) is 4. The molecule has 4 N–H and O–H groups in total. The smallest absolute Gasteiger partial charge is 0.333 e. The fraction of sp³-hybridized carbons (Fsp3) is 0.429. The fourth-order valence-corrected chi connectivity index (χ4v) is 3.70. The molecule has 1 atom stereocenters. The lowest BCUT2D eigenvalue weighted by Gasteiger charge is -2.21. The summed E-state index contributed by atoms with van der Waals surface area (Å²) in [6, 6.07) is 6.92. The average Bonchev–Trinajstić information content (AvgIpc) is 3.03. The van der Waals surface area contributed by atoms with Crippen molar-refractivity contribution in [2.45, 2.75) is 46.0 Å². The molecular formula is C21H27N3O4. The Balaban J connectivity index is 1.66. The Labute approximate surface area is 164 Å². The van der Waals surface area contributed by atoms with Crippen LogP contribution in [-0.4, -0.2) is 28.6 Å². The van der Waals surface area contributed by atoms with Crippen LogP contribution in [0.25, 0.3) is 0 Å². The number of hydrazine groups is 1. The number of hydrogen-bond acceptors (Lipinski definition) is 5. The first-order valence-corrected chi connectivity index (χ1v) is 9.64. The summed E-state index contributed by atoms with van der Waals surface area (Å²) in [5.74, 6) is -1.13. The number of aromatic hydroxyl groups is 1. The summed E-state index contributed by atoms with van der Waals surface area (Å²) in [5, 5.41) is 23.6. The summed E-state index contributed by atoms with van der Waals surface area (Å²) in [7, 11) is 0. The molecule has 7 nitrogen and oxygen atoms in total. The maximum Gasteiger partial charge on any atom is 0.333 e. The van der Waals surface area contributed by atoms with Gasteiger partial charge in [0.15, 0.2) is 0 Å². The molecule has 0 fully saturated rings. The van der Waals surface area contributed by atoms with Crippen LogP contribution in [0.15, 0.2) is 46.8 Å². The standard InChI is InChI=1S/C21H27N3O4/c1-13(20(26)23-19-6-4-3-5-18(19)21(27)28)11-15-12-22-24(14(15)2)16-7-9-17(25)10-8-16/h7-10,13,22,25H,3-6,11-12H2,1-2H3,(H,23,26)(H,27,28). The molecule has 1 aromatic carbocycles. The van der Waals surface area contributed by atoms with Gasteiger partial charge in [0.25, 0.3) is 0 Å². The van der Waals surface area contributed by atoms with Crippen LogP contribution >= 0.6 is 0 Å². The van der Waals surface area contributed by atoms with E-state index in [-0.39, 0.29) is 17.6 Å². The zero-order valence-electron chi connectivity index (χ0n) is 16.3. The third-order valence-corrected chi connectivity index (χ3v) is 5.41. The minimum atomic E-state index is -0.939. The van der Waals surface area contributed by atoms with Crippen molar-refractivity contribution in [3.63, 3.8) is 0 Å². The van der Waals surface area contributed by atoms with Crippen LogP contribution in [0.3, 0.4) is 0 Å². The van der Waals surface area contributed by atoms with E-state index in [1.54, 1.807) is 12.1 Å². The molecule has 1 aliphatic heterocycles. The molecule has 0 radical (unpaired) electrons. The van der Waals surface area contributed by atoms with Gasteiger partial charge in [0.2, 0.25) is 5.91 Å². The number of carbonyl (C=O) groups is 2. The second kappa shape index (κ2) is 8.48. The molecule has 3 rings (SSSR count). The predicted molar refractivity (Wildman–Crippen MR) is 106 cm³/mol. The molecule has 0 aromatic heterocycles. The normalized spacial score (nSPS) is 18.4. The Morgan fingerprint density at radius 1 is 1.21 bits per heavy atom. The number of rotatable bonds is 6. The SMILES string of the molecule is CC1=C(CC(C)C(=O)NC2=C(C(=O)O)CCCC2)CNN1c1ccc(O)cc1.